The van der Waals surface area contributed by atoms with Crippen LogP contribution in [0.3, 0.4) is 0 Å². The smallest absolute Gasteiger partial charge is 0.392 e. The van der Waals surface area contributed by atoms with Gasteiger partial charge in [-0.3, -0.25) is 0 Å². The zero-order valence-electron chi connectivity index (χ0n) is 9.14. The van der Waals surface area contributed by atoms with Crippen molar-refractivity contribution in [1.29, 1.82) is 0 Å². The van der Waals surface area contributed by atoms with Crippen LogP contribution in [-0.2, 0) is 19.3 Å². The summed E-state index contributed by atoms with van der Waals surface area (Å²) in [6.07, 6.45) is -9.83. The van der Waals surface area contributed by atoms with Gasteiger partial charge in [-0.05, 0) is 0 Å². The molecule has 0 unspecified atom stereocenters. The van der Waals surface area contributed by atoms with Crippen molar-refractivity contribution in [1.82, 2.24) is 4.98 Å². The van der Waals surface area contributed by atoms with Crippen molar-refractivity contribution >= 4 is 0 Å². The molecule has 1 aromatic rings. The summed E-state index contributed by atoms with van der Waals surface area (Å²) >= 11 is 0. The molecule has 0 saturated carbocycles. The highest BCUT2D eigenvalue weighted by Crippen LogP contribution is 2.36. The summed E-state index contributed by atoms with van der Waals surface area (Å²) in [5.74, 6) is -1.10. The fourth-order valence-corrected chi connectivity index (χ4v) is 1.40. The second-order valence-electron chi connectivity index (χ2n) is 3.34. The van der Waals surface area contributed by atoms with E-state index in [4.69, 9.17) is 10.8 Å². The first-order chi connectivity index (χ1) is 8.60. The van der Waals surface area contributed by atoms with Crippen LogP contribution < -0.4 is 10.5 Å². The van der Waals surface area contributed by atoms with Crippen molar-refractivity contribution in [3.8, 4) is 5.88 Å². The van der Waals surface area contributed by atoms with Crippen molar-refractivity contribution in [2.75, 3.05) is 0 Å². The molecule has 1 aromatic heterocycles. The third-order valence-electron chi connectivity index (χ3n) is 2.14. The van der Waals surface area contributed by atoms with E-state index in [1.165, 1.54) is 0 Å². The van der Waals surface area contributed by atoms with Crippen LogP contribution in [0.25, 0.3) is 0 Å². The molecule has 0 aliphatic heterocycles. The van der Waals surface area contributed by atoms with Crippen LogP contribution in [0, 0.1) is 0 Å². The van der Waals surface area contributed by atoms with Crippen LogP contribution in [0.1, 0.15) is 16.7 Å². The third-order valence-corrected chi connectivity index (χ3v) is 2.14. The summed E-state index contributed by atoms with van der Waals surface area (Å²) in [5.41, 5.74) is 2.30. The van der Waals surface area contributed by atoms with Crippen molar-refractivity contribution < 1.29 is 36.2 Å². The molecule has 0 spiro atoms. The molecular weight excluding hydrogens is 282 g/mol. The molecule has 1 rings (SSSR count). The minimum atomic E-state index is -5.12. The second-order valence-corrected chi connectivity index (χ2v) is 3.34. The Hall–Kier alpha value is -1.55. The Balaban J connectivity index is 3.39. The number of ether oxygens (including phenoxy) is 1. The lowest BCUT2D eigenvalue weighted by atomic mass is 10.0. The summed E-state index contributed by atoms with van der Waals surface area (Å²) in [5, 5.41) is 8.90. The van der Waals surface area contributed by atoms with Gasteiger partial charge < -0.3 is 15.6 Å². The summed E-state index contributed by atoms with van der Waals surface area (Å²) in [4.78, 5) is 2.96. The van der Waals surface area contributed by atoms with Gasteiger partial charge in [0, 0.05) is 23.9 Å². The number of nitrogens with two attached hydrogens (primary N) is 1. The van der Waals surface area contributed by atoms with E-state index < -0.39 is 48.3 Å². The van der Waals surface area contributed by atoms with Crippen LogP contribution in [0.15, 0.2) is 6.20 Å². The molecule has 0 amide bonds. The van der Waals surface area contributed by atoms with E-state index in [1.807, 2.05) is 0 Å². The zero-order valence-corrected chi connectivity index (χ0v) is 9.14. The molecule has 0 aliphatic carbocycles. The Morgan fingerprint density at radius 2 is 1.74 bits per heavy atom. The first-order valence-corrected chi connectivity index (χ1v) is 4.74. The number of pyridine rings is 1. The lowest BCUT2D eigenvalue weighted by Crippen LogP contribution is -2.22. The van der Waals surface area contributed by atoms with E-state index in [2.05, 4.69) is 9.72 Å². The van der Waals surface area contributed by atoms with E-state index >= 15 is 0 Å². The Bertz CT molecular complexity index is 457. The highest BCUT2D eigenvalue weighted by Gasteiger charge is 2.38. The fraction of sp³-hybridized carbons (Fsp3) is 0.444. The van der Waals surface area contributed by atoms with Gasteiger partial charge in [-0.1, -0.05) is 0 Å². The quantitative estimate of drug-likeness (QED) is 0.835. The molecule has 0 radical (unpaired) electrons. The molecule has 3 N–H and O–H groups in total. The number of rotatable bonds is 3. The Labute approximate surface area is 102 Å². The average molecular weight is 290 g/mol. The van der Waals surface area contributed by atoms with Gasteiger partial charge in [-0.15, -0.1) is 13.2 Å². The molecule has 1 heterocycles. The Morgan fingerprint density at radius 1 is 1.16 bits per heavy atom. The molecule has 0 saturated heterocycles. The minimum Gasteiger partial charge on any atom is -0.392 e. The lowest BCUT2D eigenvalue weighted by molar-refractivity contribution is -0.276. The Morgan fingerprint density at radius 3 is 2.11 bits per heavy atom. The van der Waals surface area contributed by atoms with Gasteiger partial charge in [0.15, 0.2) is 0 Å². The summed E-state index contributed by atoms with van der Waals surface area (Å²) in [6, 6.07) is 0. The molecule has 0 bridgehead atoms. The van der Waals surface area contributed by atoms with Gasteiger partial charge >= 0.3 is 12.5 Å². The van der Waals surface area contributed by atoms with Gasteiger partial charge in [-0.25, -0.2) is 4.98 Å². The van der Waals surface area contributed by atoms with Gasteiger partial charge in [0.2, 0.25) is 5.88 Å². The number of aliphatic hydroxyl groups is 1. The van der Waals surface area contributed by atoms with E-state index in [0.717, 1.165) is 0 Å². The molecule has 19 heavy (non-hydrogen) atoms. The van der Waals surface area contributed by atoms with Gasteiger partial charge in [0.1, 0.15) is 0 Å². The number of hydrogen-bond donors (Lipinski definition) is 2. The Kier molecular flexibility index (Phi) is 4.25. The number of halogens is 6. The molecule has 0 fully saturated rings. The largest absolute Gasteiger partial charge is 0.574 e. The molecule has 4 nitrogen and oxygen atoms in total. The highest BCUT2D eigenvalue weighted by atomic mass is 19.4. The predicted molar refractivity (Wildman–Crippen MR) is 49.7 cm³/mol. The predicted octanol–water partition coefficient (Wildman–Crippen LogP) is 1.95. The topological polar surface area (TPSA) is 68.4 Å². The summed E-state index contributed by atoms with van der Waals surface area (Å²) in [7, 11) is 0. The maximum atomic E-state index is 12.6. The van der Waals surface area contributed by atoms with Crippen LogP contribution in [-0.4, -0.2) is 16.5 Å². The van der Waals surface area contributed by atoms with E-state index in [0.29, 0.717) is 0 Å². The minimum absolute atomic E-state index is 0.159. The van der Waals surface area contributed by atoms with Crippen LogP contribution in [0.5, 0.6) is 5.88 Å². The van der Waals surface area contributed by atoms with Crippen LogP contribution in [0.2, 0.25) is 0 Å². The number of alkyl halides is 6. The molecule has 0 aromatic carbocycles. The molecule has 0 aliphatic rings. The maximum absolute atomic E-state index is 12.6. The molecular formula is C9H8F6N2O2. The molecule has 10 heteroatoms. The van der Waals surface area contributed by atoms with Gasteiger partial charge in [0.25, 0.3) is 0 Å². The van der Waals surface area contributed by atoms with E-state index in [-0.39, 0.29) is 6.20 Å². The monoisotopic (exact) mass is 290 g/mol. The van der Waals surface area contributed by atoms with Gasteiger partial charge in [0.05, 0.1) is 12.2 Å². The van der Waals surface area contributed by atoms with Crippen molar-refractivity contribution in [3.63, 3.8) is 0 Å². The number of aliphatic hydroxyl groups excluding tert-OH is 1. The average Bonchev–Trinajstić information content (AvgIpc) is 2.24. The summed E-state index contributed by atoms with van der Waals surface area (Å²) in [6.45, 7) is -1.84. The van der Waals surface area contributed by atoms with Crippen molar-refractivity contribution in [2.45, 2.75) is 25.7 Å². The number of nitrogens with zero attached hydrogens (tertiary/aromatic N) is 1. The lowest BCUT2D eigenvalue weighted by Gasteiger charge is -2.18. The highest BCUT2D eigenvalue weighted by molar-refractivity contribution is 5.41. The van der Waals surface area contributed by atoms with Crippen LogP contribution >= 0.6 is 0 Å². The normalized spacial score (nSPS) is 12.6. The summed E-state index contributed by atoms with van der Waals surface area (Å²) < 4.78 is 77.3. The first kappa shape index (κ1) is 15.5. The number of aromatic nitrogens is 1. The zero-order chi connectivity index (χ0) is 14.8. The fourth-order valence-electron chi connectivity index (χ4n) is 1.40. The second kappa shape index (κ2) is 5.21. The van der Waals surface area contributed by atoms with E-state index in [1.54, 1.807) is 0 Å². The van der Waals surface area contributed by atoms with Crippen molar-refractivity contribution in [2.24, 2.45) is 5.73 Å². The van der Waals surface area contributed by atoms with Crippen molar-refractivity contribution in [3.05, 3.63) is 22.9 Å². The van der Waals surface area contributed by atoms with Crippen LogP contribution in [0.4, 0.5) is 26.3 Å². The van der Waals surface area contributed by atoms with Gasteiger partial charge in [-0.2, -0.15) is 13.2 Å². The first-order valence-electron chi connectivity index (χ1n) is 4.74. The molecule has 108 valence electrons. The third kappa shape index (κ3) is 3.70. The standard InChI is InChI=1S/C9H8F6N2O2/c10-8(11,12)6-2-17-7(19-9(13,14)15)4(1-16)5(6)3-18/h2,18H,1,3,16H2. The SMILES string of the molecule is NCc1c(OC(F)(F)F)ncc(C(F)(F)F)c1CO. The van der Waals surface area contributed by atoms with E-state index in [9.17, 15) is 26.3 Å². The number of hydrogen-bond acceptors (Lipinski definition) is 4. The maximum Gasteiger partial charge on any atom is 0.574 e. The molecule has 0 atom stereocenters.